The van der Waals surface area contributed by atoms with E-state index < -0.39 is 0 Å². The molecular weight excluding hydrogens is 230 g/mol. The van der Waals surface area contributed by atoms with Crippen LogP contribution in [0.2, 0.25) is 0 Å². The second-order valence-electron chi connectivity index (χ2n) is 5.58. The molecule has 2 rings (SSSR count). The molecule has 0 aliphatic carbocycles. The number of morpholine rings is 1. The lowest BCUT2D eigenvalue weighted by Gasteiger charge is -2.38. The third kappa shape index (κ3) is 3.43. The van der Waals surface area contributed by atoms with E-state index in [0.717, 1.165) is 32.7 Å². The van der Waals surface area contributed by atoms with Crippen molar-refractivity contribution < 1.29 is 9.53 Å². The van der Waals surface area contributed by atoms with Gasteiger partial charge in [0, 0.05) is 38.8 Å². The first-order valence-electron chi connectivity index (χ1n) is 6.94. The van der Waals surface area contributed by atoms with Crippen molar-refractivity contribution >= 4 is 5.91 Å². The summed E-state index contributed by atoms with van der Waals surface area (Å²) in [6.45, 7) is 11.1. The number of hydrogen-bond donors (Lipinski definition) is 1. The van der Waals surface area contributed by atoms with Crippen LogP contribution in [0.4, 0.5) is 0 Å². The van der Waals surface area contributed by atoms with Crippen molar-refractivity contribution in [2.24, 2.45) is 0 Å². The van der Waals surface area contributed by atoms with Crippen molar-refractivity contribution in [3.05, 3.63) is 0 Å². The van der Waals surface area contributed by atoms with Gasteiger partial charge in [0.1, 0.15) is 0 Å². The predicted molar refractivity (Wildman–Crippen MR) is 70.5 cm³/mol. The molecule has 1 amide bonds. The van der Waals surface area contributed by atoms with Crippen LogP contribution in [0.1, 0.15) is 20.8 Å². The monoisotopic (exact) mass is 255 g/mol. The number of hydrogen-bond acceptors (Lipinski definition) is 4. The van der Waals surface area contributed by atoms with Crippen LogP contribution in [0.5, 0.6) is 0 Å². The summed E-state index contributed by atoms with van der Waals surface area (Å²) < 4.78 is 5.66. The normalized spacial score (nSPS) is 34.6. The maximum Gasteiger partial charge on any atom is 0.236 e. The summed E-state index contributed by atoms with van der Waals surface area (Å²) in [5.41, 5.74) is 0. The predicted octanol–water partition coefficient (Wildman–Crippen LogP) is -0.0841. The smallest absolute Gasteiger partial charge is 0.236 e. The number of rotatable bonds is 2. The first-order valence-corrected chi connectivity index (χ1v) is 6.94. The van der Waals surface area contributed by atoms with Gasteiger partial charge < -0.3 is 15.0 Å². The van der Waals surface area contributed by atoms with Crippen molar-refractivity contribution in [3.8, 4) is 0 Å². The van der Waals surface area contributed by atoms with Gasteiger partial charge in [-0.15, -0.1) is 0 Å². The maximum atomic E-state index is 12.3. The Labute approximate surface area is 109 Å². The molecule has 2 aliphatic heterocycles. The van der Waals surface area contributed by atoms with Gasteiger partial charge in [-0.1, -0.05) is 0 Å². The van der Waals surface area contributed by atoms with Crippen molar-refractivity contribution in [2.45, 2.75) is 39.0 Å². The van der Waals surface area contributed by atoms with Gasteiger partial charge in [-0.05, 0) is 20.8 Å². The summed E-state index contributed by atoms with van der Waals surface area (Å²) in [4.78, 5) is 16.5. The van der Waals surface area contributed by atoms with Crippen LogP contribution in [-0.2, 0) is 9.53 Å². The molecule has 0 radical (unpaired) electrons. The van der Waals surface area contributed by atoms with Crippen molar-refractivity contribution in [2.75, 3.05) is 39.3 Å². The second-order valence-corrected chi connectivity index (χ2v) is 5.58. The van der Waals surface area contributed by atoms with Gasteiger partial charge in [-0.3, -0.25) is 9.69 Å². The van der Waals surface area contributed by atoms with E-state index in [2.05, 4.69) is 17.1 Å². The molecule has 3 atom stereocenters. The van der Waals surface area contributed by atoms with E-state index in [0.29, 0.717) is 12.6 Å². The SMILES string of the molecule is CC1CN(C(=O)CN2CCNCC2C)CC(C)O1. The number of carbonyl (C=O) groups is 1. The number of piperazine rings is 1. The molecular formula is C13H25N3O2. The highest BCUT2D eigenvalue weighted by atomic mass is 16.5. The molecule has 104 valence electrons. The summed E-state index contributed by atoms with van der Waals surface area (Å²) >= 11 is 0. The van der Waals surface area contributed by atoms with Gasteiger partial charge >= 0.3 is 0 Å². The van der Waals surface area contributed by atoms with Gasteiger partial charge in [0.15, 0.2) is 0 Å². The van der Waals surface area contributed by atoms with Crippen LogP contribution in [0, 0.1) is 0 Å². The van der Waals surface area contributed by atoms with Gasteiger partial charge in [0.05, 0.1) is 18.8 Å². The Hall–Kier alpha value is -0.650. The summed E-state index contributed by atoms with van der Waals surface area (Å²) in [6, 6.07) is 0.443. The van der Waals surface area contributed by atoms with E-state index in [4.69, 9.17) is 4.74 Å². The second kappa shape index (κ2) is 5.99. The quantitative estimate of drug-likeness (QED) is 0.749. The van der Waals surface area contributed by atoms with Crippen molar-refractivity contribution in [1.29, 1.82) is 0 Å². The fourth-order valence-corrected chi connectivity index (χ4v) is 2.77. The third-order valence-corrected chi connectivity index (χ3v) is 3.75. The summed E-state index contributed by atoms with van der Waals surface area (Å²) in [6.07, 6.45) is 0.302. The molecule has 0 spiro atoms. The maximum absolute atomic E-state index is 12.3. The minimum atomic E-state index is 0.151. The Morgan fingerprint density at radius 1 is 1.28 bits per heavy atom. The van der Waals surface area contributed by atoms with Crippen LogP contribution in [0.15, 0.2) is 0 Å². The fourth-order valence-electron chi connectivity index (χ4n) is 2.77. The lowest BCUT2D eigenvalue weighted by atomic mass is 10.2. The third-order valence-electron chi connectivity index (χ3n) is 3.75. The zero-order valence-electron chi connectivity index (χ0n) is 11.7. The minimum absolute atomic E-state index is 0.151. The average Bonchev–Trinajstić information content (AvgIpc) is 2.31. The largest absolute Gasteiger partial charge is 0.372 e. The molecule has 5 heteroatoms. The highest BCUT2D eigenvalue weighted by Gasteiger charge is 2.28. The van der Waals surface area contributed by atoms with E-state index in [-0.39, 0.29) is 18.1 Å². The van der Waals surface area contributed by atoms with Gasteiger partial charge in [-0.2, -0.15) is 0 Å². The molecule has 2 aliphatic rings. The molecule has 0 aromatic carbocycles. The Balaban J connectivity index is 1.86. The number of nitrogens with one attached hydrogen (secondary N) is 1. The molecule has 1 N–H and O–H groups in total. The molecule has 0 saturated carbocycles. The Morgan fingerprint density at radius 3 is 2.56 bits per heavy atom. The zero-order valence-corrected chi connectivity index (χ0v) is 11.7. The van der Waals surface area contributed by atoms with Crippen molar-refractivity contribution in [3.63, 3.8) is 0 Å². The Morgan fingerprint density at radius 2 is 1.94 bits per heavy atom. The first kappa shape index (κ1) is 13.8. The average molecular weight is 255 g/mol. The summed E-state index contributed by atoms with van der Waals surface area (Å²) in [5.74, 6) is 0.241. The van der Waals surface area contributed by atoms with Gasteiger partial charge in [0.2, 0.25) is 5.91 Å². The Bertz CT molecular complexity index is 288. The summed E-state index contributed by atoms with van der Waals surface area (Å²) in [5, 5.41) is 3.34. The number of carbonyl (C=O) groups excluding carboxylic acids is 1. The van der Waals surface area contributed by atoms with E-state index in [1.54, 1.807) is 0 Å². The lowest BCUT2D eigenvalue weighted by Crippen LogP contribution is -2.55. The molecule has 2 saturated heterocycles. The number of ether oxygens (including phenoxy) is 1. The highest BCUT2D eigenvalue weighted by Crippen LogP contribution is 2.12. The van der Waals surface area contributed by atoms with E-state index in [1.165, 1.54) is 0 Å². The molecule has 3 unspecified atom stereocenters. The van der Waals surface area contributed by atoms with Gasteiger partial charge in [0.25, 0.3) is 0 Å². The highest BCUT2D eigenvalue weighted by molar-refractivity contribution is 5.78. The van der Waals surface area contributed by atoms with Crippen LogP contribution >= 0.6 is 0 Å². The fraction of sp³-hybridized carbons (Fsp3) is 0.923. The van der Waals surface area contributed by atoms with Crippen LogP contribution in [-0.4, -0.2) is 73.2 Å². The molecule has 2 fully saturated rings. The zero-order chi connectivity index (χ0) is 13.1. The Kier molecular flexibility index (Phi) is 4.59. The van der Waals surface area contributed by atoms with E-state index >= 15 is 0 Å². The lowest BCUT2D eigenvalue weighted by molar-refractivity contribution is -0.145. The molecule has 0 aromatic heterocycles. The standard InChI is InChI=1S/C13H25N3O2/c1-10-6-14-4-5-15(10)9-13(17)16-7-11(2)18-12(3)8-16/h10-12,14H,4-9H2,1-3H3. The summed E-state index contributed by atoms with van der Waals surface area (Å²) in [7, 11) is 0. The molecule has 2 heterocycles. The van der Waals surface area contributed by atoms with Crippen LogP contribution < -0.4 is 5.32 Å². The molecule has 5 nitrogen and oxygen atoms in total. The molecule has 0 bridgehead atoms. The number of nitrogens with zero attached hydrogens (tertiary/aromatic N) is 2. The van der Waals surface area contributed by atoms with Crippen LogP contribution in [0.3, 0.4) is 0 Å². The first-order chi connectivity index (χ1) is 8.56. The molecule has 18 heavy (non-hydrogen) atoms. The molecule has 0 aromatic rings. The van der Waals surface area contributed by atoms with E-state index in [9.17, 15) is 4.79 Å². The van der Waals surface area contributed by atoms with Crippen molar-refractivity contribution in [1.82, 2.24) is 15.1 Å². The topological polar surface area (TPSA) is 44.8 Å². The van der Waals surface area contributed by atoms with E-state index in [1.807, 2.05) is 18.7 Å². The number of amides is 1. The minimum Gasteiger partial charge on any atom is -0.372 e. The van der Waals surface area contributed by atoms with Crippen LogP contribution in [0.25, 0.3) is 0 Å². The van der Waals surface area contributed by atoms with Gasteiger partial charge in [-0.25, -0.2) is 0 Å².